The van der Waals surface area contributed by atoms with Crippen LogP contribution in [0.3, 0.4) is 0 Å². The van der Waals surface area contributed by atoms with Gasteiger partial charge >= 0.3 is 12.1 Å². The Morgan fingerprint density at radius 2 is 1.76 bits per heavy atom. The van der Waals surface area contributed by atoms with Crippen molar-refractivity contribution in [3.05, 3.63) is 83.0 Å². The Bertz CT molecular complexity index is 1730. The van der Waals surface area contributed by atoms with E-state index >= 15 is 0 Å². The number of carboxylic acids is 1. The van der Waals surface area contributed by atoms with E-state index in [2.05, 4.69) is 20.6 Å². The molecule has 16 heteroatoms. The van der Waals surface area contributed by atoms with E-state index in [1.807, 2.05) is 24.4 Å². The molecule has 4 rings (SSSR count). The number of amides is 1. The van der Waals surface area contributed by atoms with Crippen LogP contribution in [0.2, 0.25) is 0 Å². The van der Waals surface area contributed by atoms with Crippen molar-refractivity contribution in [1.29, 1.82) is 0 Å². The average Bonchev–Trinajstić information content (AvgIpc) is 3.42. The molecule has 0 radical (unpaired) electrons. The largest absolute Gasteiger partial charge is 0.490 e. The van der Waals surface area contributed by atoms with Gasteiger partial charge in [-0.3, -0.25) is 15.1 Å². The highest BCUT2D eigenvalue weighted by Crippen LogP contribution is 2.31. The molecule has 45 heavy (non-hydrogen) atoms. The fourth-order valence-electron chi connectivity index (χ4n) is 3.61. The van der Waals surface area contributed by atoms with Gasteiger partial charge in [-0.05, 0) is 61.0 Å². The number of aliphatic carboxylic acids is 1. The van der Waals surface area contributed by atoms with E-state index in [1.54, 1.807) is 43.6 Å². The zero-order valence-corrected chi connectivity index (χ0v) is 25.8. The molecule has 0 aliphatic heterocycles. The molecule has 1 amide bonds. The number of rotatable bonds is 11. The van der Waals surface area contributed by atoms with Gasteiger partial charge in [0.1, 0.15) is 11.5 Å². The number of carboxylic acid groups (broad SMARTS) is 1. The molecule has 240 valence electrons. The Labute approximate surface area is 261 Å². The molecule has 0 aliphatic rings. The smallest absolute Gasteiger partial charge is 0.475 e. The number of pyridine rings is 1. The number of ether oxygens (including phenoxy) is 2. The van der Waals surface area contributed by atoms with Gasteiger partial charge in [0.2, 0.25) is 0 Å². The van der Waals surface area contributed by atoms with Crippen LogP contribution in [0.1, 0.15) is 21.6 Å². The summed E-state index contributed by atoms with van der Waals surface area (Å²) in [6.45, 7) is 3.82. The first-order valence-electron chi connectivity index (χ1n) is 13.0. The van der Waals surface area contributed by atoms with Crippen LogP contribution < -0.4 is 15.4 Å². The van der Waals surface area contributed by atoms with Crippen molar-refractivity contribution < 1.29 is 45.8 Å². The minimum atomic E-state index is -5.08. The maximum atomic E-state index is 13.2. The summed E-state index contributed by atoms with van der Waals surface area (Å²) in [5.74, 6) is -2.25. The third-order valence-electron chi connectivity index (χ3n) is 5.74. The number of nitrogens with one attached hydrogen (secondary N) is 2. The summed E-state index contributed by atoms with van der Waals surface area (Å²) in [5.41, 5.74) is 3.56. The van der Waals surface area contributed by atoms with Gasteiger partial charge < -0.3 is 19.9 Å². The molecule has 2 heterocycles. The standard InChI is InChI=1S/C27H28N4O5S2.C2HF3O2/c1-18-5-4-10-29-25(18)19-13-20(26(32)31-27-30-21(17-37-27)16-28-11-12-35-2)15-23(14-19)36-22-6-8-24(9-7-22)38(3,33)34;3-2(4,5)1(6)7/h4-10,13-15,17,28H,11-12,16H2,1-3H3,(H,30,31,32);(H,6,7). The number of alkyl halides is 3. The van der Waals surface area contributed by atoms with Gasteiger partial charge in [-0.15, -0.1) is 11.3 Å². The van der Waals surface area contributed by atoms with E-state index in [-0.39, 0.29) is 10.8 Å². The maximum absolute atomic E-state index is 13.2. The fraction of sp³-hybridized carbons (Fsp3) is 0.241. The van der Waals surface area contributed by atoms with E-state index < -0.39 is 22.0 Å². The Morgan fingerprint density at radius 3 is 2.36 bits per heavy atom. The number of halogens is 3. The van der Waals surface area contributed by atoms with Gasteiger partial charge in [-0.25, -0.2) is 18.2 Å². The first-order chi connectivity index (χ1) is 21.2. The van der Waals surface area contributed by atoms with Crippen molar-refractivity contribution in [3.8, 4) is 22.8 Å². The van der Waals surface area contributed by atoms with E-state index in [0.717, 1.165) is 23.2 Å². The molecule has 0 fully saturated rings. The summed E-state index contributed by atoms with van der Waals surface area (Å²) in [6, 6.07) is 15.1. The van der Waals surface area contributed by atoms with Crippen LogP contribution in [-0.2, 0) is 25.9 Å². The number of sulfone groups is 1. The van der Waals surface area contributed by atoms with Gasteiger partial charge in [0.15, 0.2) is 15.0 Å². The summed E-state index contributed by atoms with van der Waals surface area (Å²) in [4.78, 5) is 31.3. The molecular formula is C29H29F3N4O7S2. The van der Waals surface area contributed by atoms with Crippen molar-refractivity contribution in [1.82, 2.24) is 15.3 Å². The Kier molecular flexibility index (Phi) is 12.1. The maximum Gasteiger partial charge on any atom is 0.490 e. The van der Waals surface area contributed by atoms with Gasteiger partial charge in [0.05, 0.1) is 22.9 Å². The number of thiazole rings is 1. The molecule has 3 N–H and O–H groups in total. The molecule has 0 atom stereocenters. The average molecular weight is 667 g/mol. The molecule has 0 saturated carbocycles. The second-order valence-electron chi connectivity index (χ2n) is 9.33. The van der Waals surface area contributed by atoms with Crippen molar-refractivity contribution in [2.24, 2.45) is 0 Å². The van der Waals surface area contributed by atoms with Crippen LogP contribution in [0.25, 0.3) is 11.3 Å². The second kappa shape index (κ2) is 15.6. The minimum absolute atomic E-state index is 0.194. The van der Waals surface area contributed by atoms with Crippen LogP contribution in [0.15, 0.2) is 71.1 Å². The molecule has 0 spiro atoms. The van der Waals surface area contributed by atoms with Crippen molar-refractivity contribution >= 4 is 38.2 Å². The third-order valence-corrected chi connectivity index (χ3v) is 7.68. The van der Waals surface area contributed by atoms with Crippen molar-refractivity contribution in [2.75, 3.05) is 31.8 Å². The number of carbonyl (C=O) groups excluding carboxylic acids is 1. The zero-order valence-electron chi connectivity index (χ0n) is 24.2. The first-order valence-corrected chi connectivity index (χ1v) is 15.7. The monoisotopic (exact) mass is 666 g/mol. The van der Waals surface area contributed by atoms with Crippen LogP contribution >= 0.6 is 11.3 Å². The predicted molar refractivity (Wildman–Crippen MR) is 161 cm³/mol. The predicted octanol–water partition coefficient (Wildman–Crippen LogP) is 5.33. The van der Waals surface area contributed by atoms with Crippen LogP contribution in [0, 0.1) is 6.92 Å². The number of aryl methyl sites for hydroxylation is 1. The van der Waals surface area contributed by atoms with Crippen LogP contribution in [-0.4, -0.2) is 68.1 Å². The van der Waals surface area contributed by atoms with Gasteiger partial charge in [-0.2, -0.15) is 13.2 Å². The second-order valence-corrected chi connectivity index (χ2v) is 12.2. The summed E-state index contributed by atoms with van der Waals surface area (Å²) in [6.07, 6.45) is -2.24. The number of methoxy groups -OCH3 is 1. The van der Waals surface area contributed by atoms with Crippen LogP contribution in [0.4, 0.5) is 18.3 Å². The Balaban J connectivity index is 0.000000707. The lowest BCUT2D eigenvalue weighted by Gasteiger charge is -2.12. The van der Waals surface area contributed by atoms with Gasteiger partial charge in [0, 0.05) is 49.2 Å². The van der Waals surface area contributed by atoms with Crippen molar-refractivity contribution in [2.45, 2.75) is 24.5 Å². The summed E-state index contributed by atoms with van der Waals surface area (Å²) < 4.78 is 66.3. The number of anilines is 1. The van der Waals surface area contributed by atoms with Crippen molar-refractivity contribution in [3.63, 3.8) is 0 Å². The molecule has 0 saturated heterocycles. The summed E-state index contributed by atoms with van der Waals surface area (Å²) >= 11 is 1.34. The SMILES string of the molecule is COCCNCc1csc(NC(=O)c2cc(Oc3ccc(S(C)(=O)=O)cc3)cc(-c3ncccc3C)c2)n1.O=C(O)C(F)(F)F. The number of hydrogen-bond acceptors (Lipinski definition) is 10. The molecule has 0 aliphatic carbocycles. The lowest BCUT2D eigenvalue weighted by Crippen LogP contribution is -2.21. The zero-order chi connectivity index (χ0) is 33.2. The highest BCUT2D eigenvalue weighted by Gasteiger charge is 2.38. The molecule has 2 aromatic carbocycles. The molecule has 0 unspecified atom stereocenters. The highest BCUT2D eigenvalue weighted by molar-refractivity contribution is 7.90. The normalized spacial score (nSPS) is 11.3. The number of carbonyl (C=O) groups is 2. The molecule has 2 aromatic heterocycles. The van der Waals surface area contributed by atoms with Gasteiger partial charge in [0.25, 0.3) is 5.91 Å². The topological polar surface area (TPSA) is 157 Å². The number of nitrogens with zero attached hydrogens (tertiary/aromatic N) is 2. The lowest BCUT2D eigenvalue weighted by atomic mass is 10.0. The molecule has 0 bridgehead atoms. The first kappa shape index (κ1) is 35.1. The fourth-order valence-corrected chi connectivity index (χ4v) is 4.95. The van der Waals surface area contributed by atoms with E-state index in [0.29, 0.717) is 47.5 Å². The number of aromatic nitrogens is 2. The van der Waals surface area contributed by atoms with E-state index in [9.17, 15) is 26.4 Å². The Morgan fingerprint density at radius 1 is 1.07 bits per heavy atom. The number of hydrogen-bond donors (Lipinski definition) is 3. The quantitative estimate of drug-likeness (QED) is 0.179. The summed E-state index contributed by atoms with van der Waals surface area (Å²) in [7, 11) is -1.68. The van der Waals surface area contributed by atoms with E-state index in [1.165, 1.54) is 23.5 Å². The Hall–Kier alpha value is -4.38. The summed E-state index contributed by atoms with van der Waals surface area (Å²) in [5, 5.41) is 15.6. The third kappa shape index (κ3) is 10.9. The molecular weight excluding hydrogens is 637 g/mol. The molecule has 11 nitrogen and oxygen atoms in total. The van der Waals surface area contributed by atoms with Gasteiger partial charge in [-0.1, -0.05) is 6.07 Å². The van der Waals surface area contributed by atoms with Crippen LogP contribution in [0.5, 0.6) is 11.5 Å². The minimum Gasteiger partial charge on any atom is -0.475 e. The number of benzene rings is 2. The molecule has 4 aromatic rings. The van der Waals surface area contributed by atoms with E-state index in [4.69, 9.17) is 19.4 Å². The highest BCUT2D eigenvalue weighted by atomic mass is 32.2. The lowest BCUT2D eigenvalue weighted by molar-refractivity contribution is -0.192.